The number of hydrogen-bond acceptors (Lipinski definition) is 7. The number of carbonyl (C=O) groups excluding carboxylic acids is 2. The van der Waals surface area contributed by atoms with E-state index in [0.29, 0.717) is 11.1 Å². The molecule has 3 aromatic rings. The number of ether oxygens (including phenoxy) is 2. The van der Waals surface area contributed by atoms with Crippen molar-refractivity contribution in [2.24, 2.45) is 0 Å². The van der Waals surface area contributed by atoms with Crippen LogP contribution in [-0.4, -0.2) is 23.9 Å². The molecule has 1 N–H and O–H groups in total. The number of halogens is 1. The maximum atomic E-state index is 12.5. The number of carbonyl (C=O) groups is 2. The highest BCUT2D eigenvalue weighted by atomic mass is 35.5. The first-order chi connectivity index (χ1) is 16.3. The van der Waals surface area contributed by atoms with Crippen LogP contribution in [0.3, 0.4) is 0 Å². The van der Waals surface area contributed by atoms with Gasteiger partial charge in [0.05, 0.1) is 17.6 Å². The molecule has 0 radical (unpaired) electrons. The van der Waals surface area contributed by atoms with Crippen LogP contribution < -0.4 is 14.8 Å². The molecule has 3 aromatic carbocycles. The molecule has 170 valence electrons. The van der Waals surface area contributed by atoms with Gasteiger partial charge in [-0.1, -0.05) is 35.9 Å². The van der Waals surface area contributed by atoms with Gasteiger partial charge in [-0.3, -0.25) is 14.9 Å². The molecular formula is C24H16ClN3O6. The number of nitro groups is 1. The van der Waals surface area contributed by atoms with Crippen molar-refractivity contribution in [2.45, 2.75) is 0 Å². The Morgan fingerprint density at radius 1 is 1.09 bits per heavy atom. The quantitative estimate of drug-likeness (QED) is 0.126. The normalized spacial score (nSPS) is 10.7. The van der Waals surface area contributed by atoms with Gasteiger partial charge in [0.2, 0.25) is 0 Å². The molecule has 0 saturated carbocycles. The van der Waals surface area contributed by atoms with Gasteiger partial charge in [-0.15, -0.1) is 0 Å². The van der Waals surface area contributed by atoms with E-state index in [0.717, 1.165) is 6.07 Å². The van der Waals surface area contributed by atoms with Crippen molar-refractivity contribution < 1.29 is 24.0 Å². The van der Waals surface area contributed by atoms with Crippen LogP contribution in [0.5, 0.6) is 11.5 Å². The number of nitrogens with one attached hydrogen (secondary N) is 1. The van der Waals surface area contributed by atoms with Gasteiger partial charge in [0, 0.05) is 11.8 Å². The Kier molecular flexibility index (Phi) is 7.59. The average molecular weight is 478 g/mol. The van der Waals surface area contributed by atoms with E-state index in [4.69, 9.17) is 21.1 Å². The summed E-state index contributed by atoms with van der Waals surface area (Å²) in [6.45, 7) is 0. The van der Waals surface area contributed by atoms with Crippen molar-refractivity contribution in [3.63, 3.8) is 0 Å². The molecule has 0 fully saturated rings. The first kappa shape index (κ1) is 24.0. The van der Waals surface area contributed by atoms with Crippen molar-refractivity contribution in [2.75, 3.05) is 12.4 Å². The summed E-state index contributed by atoms with van der Waals surface area (Å²) in [5.74, 6) is -0.983. The van der Waals surface area contributed by atoms with Crippen molar-refractivity contribution in [3.8, 4) is 17.6 Å². The topological polar surface area (TPSA) is 132 Å². The first-order valence-corrected chi connectivity index (χ1v) is 10.0. The van der Waals surface area contributed by atoms with Crippen LogP contribution in [0.1, 0.15) is 15.9 Å². The van der Waals surface area contributed by atoms with Crippen LogP contribution >= 0.6 is 11.6 Å². The number of esters is 1. The molecule has 0 saturated heterocycles. The number of nitrogens with zero attached hydrogens (tertiary/aromatic N) is 2. The van der Waals surface area contributed by atoms with Crippen LogP contribution in [0, 0.1) is 21.4 Å². The molecule has 1 amide bonds. The van der Waals surface area contributed by atoms with Crippen molar-refractivity contribution in [1.82, 2.24) is 0 Å². The standard InChI is InChI=1S/C24H16ClN3O6/c1-33-22-12-15(7-10-21(22)34-24(30)16-5-3-2-4-6-16)11-17(14-26)23(29)27-18-8-9-19(25)20(13-18)28(31)32/h2-13H,1H3,(H,27,29)/b17-11+. The molecule has 34 heavy (non-hydrogen) atoms. The molecule has 3 rings (SSSR count). The zero-order valence-electron chi connectivity index (χ0n) is 17.7. The van der Waals surface area contributed by atoms with Gasteiger partial charge in [0.15, 0.2) is 11.5 Å². The minimum absolute atomic E-state index is 0.0841. The summed E-state index contributed by atoms with van der Waals surface area (Å²) in [6, 6.07) is 18.4. The van der Waals surface area contributed by atoms with Crippen LogP contribution in [0.2, 0.25) is 5.02 Å². The Labute approximate surface area is 198 Å². The van der Waals surface area contributed by atoms with Crippen molar-refractivity contribution >= 4 is 40.9 Å². The molecule has 0 aliphatic heterocycles. The Morgan fingerprint density at radius 2 is 1.82 bits per heavy atom. The van der Waals surface area contributed by atoms with Gasteiger partial charge < -0.3 is 14.8 Å². The molecule has 0 aromatic heterocycles. The number of nitro benzene ring substituents is 1. The van der Waals surface area contributed by atoms with E-state index in [9.17, 15) is 25.0 Å². The lowest BCUT2D eigenvalue weighted by atomic mass is 10.1. The van der Waals surface area contributed by atoms with E-state index in [1.54, 1.807) is 36.4 Å². The number of methoxy groups -OCH3 is 1. The second kappa shape index (κ2) is 10.8. The molecule has 9 nitrogen and oxygen atoms in total. The van der Waals surface area contributed by atoms with E-state index >= 15 is 0 Å². The monoisotopic (exact) mass is 477 g/mol. The highest BCUT2D eigenvalue weighted by Crippen LogP contribution is 2.30. The Bertz CT molecular complexity index is 1330. The third-order valence-electron chi connectivity index (χ3n) is 4.48. The summed E-state index contributed by atoms with van der Waals surface area (Å²) in [5, 5.41) is 22.8. The lowest BCUT2D eigenvalue weighted by molar-refractivity contribution is -0.384. The summed E-state index contributed by atoms with van der Waals surface area (Å²) in [5.41, 5.74) is 0.230. The molecule has 0 spiro atoms. The lowest BCUT2D eigenvalue weighted by Crippen LogP contribution is -2.13. The SMILES string of the molecule is COc1cc(/C=C(\C#N)C(=O)Nc2ccc(Cl)c([N+](=O)[O-])c2)ccc1OC(=O)c1ccccc1. The highest BCUT2D eigenvalue weighted by Gasteiger charge is 2.17. The molecule has 0 aliphatic carbocycles. The maximum absolute atomic E-state index is 12.5. The predicted molar refractivity (Wildman–Crippen MR) is 125 cm³/mol. The fourth-order valence-corrected chi connectivity index (χ4v) is 3.02. The summed E-state index contributed by atoms with van der Waals surface area (Å²) in [6.07, 6.45) is 1.30. The third kappa shape index (κ3) is 5.76. The second-order valence-corrected chi connectivity index (χ2v) is 7.12. The smallest absolute Gasteiger partial charge is 0.343 e. The number of amides is 1. The van der Waals surface area contributed by atoms with Crippen LogP contribution in [-0.2, 0) is 4.79 Å². The van der Waals surface area contributed by atoms with Crippen LogP contribution in [0.15, 0.2) is 72.3 Å². The number of hydrogen-bond donors (Lipinski definition) is 1. The summed E-state index contributed by atoms with van der Waals surface area (Å²) < 4.78 is 10.7. The number of nitriles is 1. The van der Waals surface area contributed by atoms with Gasteiger partial charge in [-0.2, -0.15) is 5.26 Å². The van der Waals surface area contributed by atoms with Crippen molar-refractivity contribution in [1.29, 1.82) is 5.26 Å². The summed E-state index contributed by atoms with van der Waals surface area (Å²) in [7, 11) is 1.38. The lowest BCUT2D eigenvalue weighted by Gasteiger charge is -2.10. The molecule has 0 unspecified atom stereocenters. The molecule has 0 atom stereocenters. The number of rotatable bonds is 7. The van der Waals surface area contributed by atoms with Gasteiger partial charge in [-0.25, -0.2) is 4.79 Å². The Hall–Kier alpha value is -4.68. The third-order valence-corrected chi connectivity index (χ3v) is 4.80. The minimum atomic E-state index is -0.780. The first-order valence-electron chi connectivity index (χ1n) is 9.64. The van der Waals surface area contributed by atoms with E-state index in [-0.39, 0.29) is 33.5 Å². The van der Waals surface area contributed by atoms with E-state index in [1.165, 1.54) is 43.5 Å². The van der Waals surface area contributed by atoms with Crippen LogP contribution in [0.25, 0.3) is 6.08 Å². The number of benzene rings is 3. The molecule has 10 heteroatoms. The van der Waals surface area contributed by atoms with Gasteiger partial charge in [-0.05, 0) is 48.0 Å². The zero-order valence-corrected chi connectivity index (χ0v) is 18.4. The highest BCUT2D eigenvalue weighted by molar-refractivity contribution is 6.32. The van der Waals surface area contributed by atoms with Gasteiger partial charge in [0.1, 0.15) is 16.7 Å². The van der Waals surface area contributed by atoms with E-state index < -0.39 is 16.8 Å². The Morgan fingerprint density at radius 3 is 2.47 bits per heavy atom. The second-order valence-electron chi connectivity index (χ2n) is 6.71. The molecule has 0 aliphatic rings. The predicted octanol–water partition coefficient (Wildman–Crippen LogP) is 5.02. The maximum Gasteiger partial charge on any atom is 0.343 e. The van der Waals surface area contributed by atoms with Gasteiger partial charge >= 0.3 is 5.97 Å². The average Bonchev–Trinajstić information content (AvgIpc) is 2.84. The number of anilines is 1. The fraction of sp³-hybridized carbons (Fsp3) is 0.0417. The summed E-state index contributed by atoms with van der Waals surface area (Å²) >= 11 is 5.77. The zero-order chi connectivity index (χ0) is 24.7. The van der Waals surface area contributed by atoms with Gasteiger partial charge in [0.25, 0.3) is 11.6 Å². The largest absolute Gasteiger partial charge is 0.493 e. The summed E-state index contributed by atoms with van der Waals surface area (Å²) in [4.78, 5) is 35.2. The Balaban J connectivity index is 1.81. The minimum Gasteiger partial charge on any atom is -0.493 e. The molecular weight excluding hydrogens is 462 g/mol. The molecule has 0 heterocycles. The molecule has 0 bridgehead atoms. The van der Waals surface area contributed by atoms with Crippen LogP contribution in [0.4, 0.5) is 11.4 Å². The van der Waals surface area contributed by atoms with Crippen molar-refractivity contribution in [3.05, 3.63) is 98.6 Å². The fourth-order valence-electron chi connectivity index (χ4n) is 2.84. The van der Waals surface area contributed by atoms with E-state index in [1.807, 2.05) is 0 Å². The van der Waals surface area contributed by atoms with E-state index in [2.05, 4.69) is 5.32 Å².